The molecule has 0 fully saturated rings. The molecule has 0 saturated carbocycles. The zero-order valence-corrected chi connectivity index (χ0v) is 11.1. The van der Waals surface area contributed by atoms with Crippen LogP contribution < -0.4 is 4.90 Å². The first-order chi connectivity index (χ1) is 8.78. The minimum Gasteiger partial charge on any atom is -0.367 e. The lowest BCUT2D eigenvalue weighted by Crippen LogP contribution is -2.29. The van der Waals surface area contributed by atoms with Gasteiger partial charge in [-0.15, -0.1) is 11.3 Å². The van der Waals surface area contributed by atoms with Crippen molar-refractivity contribution in [2.75, 3.05) is 11.4 Å². The van der Waals surface area contributed by atoms with Gasteiger partial charge in [-0.05, 0) is 54.1 Å². The maximum absolute atomic E-state index is 8.96. The van der Waals surface area contributed by atoms with E-state index in [4.69, 9.17) is 5.26 Å². The van der Waals surface area contributed by atoms with E-state index < -0.39 is 0 Å². The Bertz CT molecular complexity index is 622. The molecule has 0 bridgehead atoms. The minimum atomic E-state index is 0.770. The van der Waals surface area contributed by atoms with Gasteiger partial charge in [0, 0.05) is 23.7 Å². The topological polar surface area (TPSA) is 27.0 Å². The van der Waals surface area contributed by atoms with Gasteiger partial charge in [0.15, 0.2) is 0 Å². The van der Waals surface area contributed by atoms with Crippen molar-refractivity contribution in [1.82, 2.24) is 0 Å². The van der Waals surface area contributed by atoms with Crippen LogP contribution in [0, 0.1) is 18.3 Å². The van der Waals surface area contributed by atoms with Gasteiger partial charge in [-0.1, -0.05) is 0 Å². The van der Waals surface area contributed by atoms with Crippen LogP contribution in [0.3, 0.4) is 0 Å². The predicted octanol–water partition coefficient (Wildman–Crippen LogP) is 3.49. The zero-order valence-electron chi connectivity index (χ0n) is 10.3. The molecule has 1 aromatic carbocycles. The van der Waals surface area contributed by atoms with E-state index in [0.717, 1.165) is 30.6 Å². The van der Waals surface area contributed by atoms with Crippen molar-refractivity contribution in [3.63, 3.8) is 0 Å². The van der Waals surface area contributed by atoms with Crippen molar-refractivity contribution in [2.24, 2.45) is 0 Å². The quantitative estimate of drug-likeness (QED) is 0.779. The van der Waals surface area contributed by atoms with Crippen LogP contribution in [-0.4, -0.2) is 6.54 Å². The average Bonchev–Trinajstić information content (AvgIpc) is 2.85. The fraction of sp³-hybridized carbons (Fsp3) is 0.267. The molecule has 1 aliphatic rings. The second-order valence-electron chi connectivity index (χ2n) is 4.65. The highest BCUT2D eigenvalue weighted by molar-refractivity contribution is 7.10. The van der Waals surface area contributed by atoms with Crippen LogP contribution >= 0.6 is 11.3 Å². The maximum Gasteiger partial charge on any atom is 0.0994 e. The van der Waals surface area contributed by atoms with Crippen LogP contribution in [0.1, 0.15) is 21.6 Å². The van der Waals surface area contributed by atoms with E-state index in [2.05, 4.69) is 34.5 Å². The van der Waals surface area contributed by atoms with E-state index in [-0.39, 0.29) is 0 Å². The summed E-state index contributed by atoms with van der Waals surface area (Å²) in [5.74, 6) is 0. The molecule has 0 saturated heterocycles. The van der Waals surface area contributed by atoms with E-state index in [1.165, 1.54) is 16.1 Å². The lowest BCUT2D eigenvalue weighted by molar-refractivity contribution is 0.743. The summed E-state index contributed by atoms with van der Waals surface area (Å²) >= 11 is 1.86. The number of benzene rings is 1. The van der Waals surface area contributed by atoms with Crippen molar-refractivity contribution in [1.29, 1.82) is 5.26 Å². The molecule has 0 aliphatic carbocycles. The van der Waals surface area contributed by atoms with Crippen LogP contribution in [0.5, 0.6) is 0 Å². The van der Waals surface area contributed by atoms with Gasteiger partial charge in [0.05, 0.1) is 11.6 Å². The Labute approximate surface area is 111 Å². The Kier molecular flexibility index (Phi) is 2.81. The second-order valence-corrected chi connectivity index (χ2v) is 5.65. The van der Waals surface area contributed by atoms with Gasteiger partial charge < -0.3 is 4.90 Å². The second kappa shape index (κ2) is 4.47. The van der Waals surface area contributed by atoms with Gasteiger partial charge in [0.25, 0.3) is 0 Å². The smallest absolute Gasteiger partial charge is 0.0994 e. The molecule has 0 unspecified atom stereocenters. The molecule has 1 aromatic heterocycles. The van der Waals surface area contributed by atoms with Crippen LogP contribution in [0.15, 0.2) is 29.6 Å². The third kappa shape index (κ3) is 1.89. The Morgan fingerprint density at radius 3 is 3.00 bits per heavy atom. The molecule has 0 atom stereocenters. The molecule has 0 N–H and O–H groups in total. The molecule has 2 aromatic rings. The number of thiophene rings is 1. The Balaban J connectivity index is 1.89. The van der Waals surface area contributed by atoms with E-state index >= 15 is 0 Å². The molecular formula is C15H14N2S. The van der Waals surface area contributed by atoms with Gasteiger partial charge in [0.2, 0.25) is 0 Å². The summed E-state index contributed by atoms with van der Waals surface area (Å²) < 4.78 is 0. The van der Waals surface area contributed by atoms with E-state index in [9.17, 15) is 0 Å². The fourth-order valence-electron chi connectivity index (χ4n) is 2.44. The fourth-order valence-corrected chi connectivity index (χ4v) is 3.33. The van der Waals surface area contributed by atoms with Crippen LogP contribution in [-0.2, 0) is 13.0 Å². The highest BCUT2D eigenvalue weighted by Gasteiger charge is 2.17. The summed E-state index contributed by atoms with van der Waals surface area (Å²) in [7, 11) is 0. The lowest BCUT2D eigenvalue weighted by Gasteiger charge is -2.29. The molecule has 3 heteroatoms. The molecule has 0 amide bonds. The first kappa shape index (κ1) is 11.3. The van der Waals surface area contributed by atoms with Gasteiger partial charge in [-0.2, -0.15) is 5.26 Å². The Morgan fingerprint density at radius 2 is 2.22 bits per heavy atom. The van der Waals surface area contributed by atoms with Crippen molar-refractivity contribution in [3.05, 3.63) is 51.2 Å². The SMILES string of the molecule is Cc1cc(N2CCc3sccc3C2)ccc1C#N. The minimum absolute atomic E-state index is 0.770. The molecule has 2 heterocycles. The van der Waals surface area contributed by atoms with E-state index in [1.807, 2.05) is 24.3 Å². The molecule has 0 spiro atoms. The number of fused-ring (bicyclic) bond motifs is 1. The summed E-state index contributed by atoms with van der Waals surface area (Å²) in [6, 6.07) is 10.5. The average molecular weight is 254 g/mol. The number of hydrogen-bond acceptors (Lipinski definition) is 3. The lowest BCUT2D eigenvalue weighted by atomic mass is 10.1. The highest BCUT2D eigenvalue weighted by atomic mass is 32.1. The first-order valence-electron chi connectivity index (χ1n) is 6.09. The molecule has 2 nitrogen and oxygen atoms in total. The van der Waals surface area contributed by atoms with Crippen molar-refractivity contribution < 1.29 is 0 Å². The summed E-state index contributed by atoms with van der Waals surface area (Å²) in [4.78, 5) is 3.92. The van der Waals surface area contributed by atoms with Crippen LogP contribution in [0.4, 0.5) is 5.69 Å². The largest absolute Gasteiger partial charge is 0.367 e. The maximum atomic E-state index is 8.96. The summed E-state index contributed by atoms with van der Waals surface area (Å²) in [6.45, 7) is 4.06. The summed E-state index contributed by atoms with van der Waals surface area (Å²) in [5.41, 5.74) is 4.51. The van der Waals surface area contributed by atoms with Gasteiger partial charge in [-0.3, -0.25) is 0 Å². The van der Waals surface area contributed by atoms with Gasteiger partial charge >= 0.3 is 0 Å². The molecule has 3 rings (SSSR count). The number of rotatable bonds is 1. The Morgan fingerprint density at radius 1 is 1.33 bits per heavy atom. The number of nitrogens with zero attached hydrogens (tertiary/aromatic N) is 2. The number of nitriles is 1. The number of anilines is 1. The van der Waals surface area contributed by atoms with Gasteiger partial charge in [-0.25, -0.2) is 0 Å². The standard InChI is InChI=1S/C15H14N2S/c1-11-8-14(3-2-12(11)9-16)17-6-4-15-13(10-17)5-7-18-15/h2-3,5,7-8H,4,6,10H2,1H3. The third-order valence-electron chi connectivity index (χ3n) is 3.50. The highest BCUT2D eigenvalue weighted by Crippen LogP contribution is 2.28. The molecular weight excluding hydrogens is 240 g/mol. The normalized spacial score (nSPS) is 14.1. The molecule has 0 radical (unpaired) electrons. The third-order valence-corrected chi connectivity index (χ3v) is 4.53. The van der Waals surface area contributed by atoms with Crippen LogP contribution in [0.25, 0.3) is 0 Å². The molecule has 18 heavy (non-hydrogen) atoms. The summed E-state index contributed by atoms with van der Waals surface area (Å²) in [6.07, 6.45) is 1.13. The Hall–Kier alpha value is -1.79. The number of aryl methyl sites for hydroxylation is 1. The van der Waals surface area contributed by atoms with Crippen molar-refractivity contribution in [2.45, 2.75) is 19.9 Å². The monoisotopic (exact) mass is 254 g/mol. The van der Waals surface area contributed by atoms with Gasteiger partial charge in [0.1, 0.15) is 0 Å². The predicted molar refractivity (Wildman–Crippen MR) is 75.0 cm³/mol. The van der Waals surface area contributed by atoms with E-state index in [0.29, 0.717) is 0 Å². The molecule has 1 aliphatic heterocycles. The zero-order chi connectivity index (χ0) is 12.5. The van der Waals surface area contributed by atoms with E-state index in [1.54, 1.807) is 0 Å². The summed E-state index contributed by atoms with van der Waals surface area (Å²) in [5, 5.41) is 11.1. The van der Waals surface area contributed by atoms with Crippen molar-refractivity contribution >= 4 is 17.0 Å². The number of hydrogen-bond donors (Lipinski definition) is 0. The molecule has 90 valence electrons. The van der Waals surface area contributed by atoms with Crippen LogP contribution in [0.2, 0.25) is 0 Å². The first-order valence-corrected chi connectivity index (χ1v) is 6.97. The van der Waals surface area contributed by atoms with Crippen molar-refractivity contribution in [3.8, 4) is 6.07 Å².